The Morgan fingerprint density at radius 1 is 1.10 bits per heavy atom. The molecule has 0 spiro atoms. The van der Waals surface area contributed by atoms with Gasteiger partial charge < -0.3 is 14.6 Å². The number of aryl methyl sites for hydroxylation is 2. The third-order valence-corrected chi connectivity index (χ3v) is 3.63. The van der Waals surface area contributed by atoms with E-state index >= 15 is 0 Å². The molecule has 0 aliphatic heterocycles. The normalized spacial score (nSPS) is 11.0. The molecule has 0 aliphatic rings. The molecule has 20 heavy (non-hydrogen) atoms. The molecular weight excluding hydrogens is 248 g/mol. The van der Waals surface area contributed by atoms with Crippen molar-refractivity contribution in [1.82, 2.24) is 9.88 Å². The summed E-state index contributed by atoms with van der Waals surface area (Å²) in [4.78, 5) is 0. The van der Waals surface area contributed by atoms with E-state index in [4.69, 9.17) is 4.74 Å². The van der Waals surface area contributed by atoms with Gasteiger partial charge in [-0.05, 0) is 44.5 Å². The number of aromatic nitrogens is 1. The topological polar surface area (TPSA) is 26.2 Å². The van der Waals surface area contributed by atoms with Gasteiger partial charge in [0, 0.05) is 37.3 Å². The number of nitrogens with zero attached hydrogens (tertiary/aromatic N) is 1. The molecule has 2 aromatic rings. The number of hydrogen-bond acceptors (Lipinski definition) is 2. The highest BCUT2D eigenvalue weighted by atomic mass is 16.5. The van der Waals surface area contributed by atoms with Crippen molar-refractivity contribution >= 4 is 0 Å². The minimum absolute atomic E-state index is 0.747. The zero-order valence-electron chi connectivity index (χ0n) is 12.9. The lowest BCUT2D eigenvalue weighted by atomic mass is 10.2. The van der Waals surface area contributed by atoms with E-state index in [9.17, 15) is 0 Å². The van der Waals surface area contributed by atoms with E-state index in [1.165, 1.54) is 28.2 Å². The average Bonchev–Trinajstić information content (AvgIpc) is 2.71. The van der Waals surface area contributed by atoms with Crippen molar-refractivity contribution in [3.63, 3.8) is 0 Å². The Kier molecular flexibility index (Phi) is 4.99. The van der Waals surface area contributed by atoms with Crippen molar-refractivity contribution in [2.45, 2.75) is 27.3 Å². The lowest BCUT2D eigenvalue weighted by Crippen LogP contribution is -2.18. The van der Waals surface area contributed by atoms with Crippen LogP contribution in [0.15, 0.2) is 30.3 Å². The Morgan fingerprint density at radius 3 is 2.45 bits per heavy atom. The summed E-state index contributed by atoms with van der Waals surface area (Å²) in [5.41, 5.74) is 6.44. The predicted molar refractivity (Wildman–Crippen MR) is 83.6 cm³/mol. The number of nitrogens with one attached hydrogen (secondary N) is 1. The van der Waals surface area contributed by atoms with Crippen LogP contribution in [0.2, 0.25) is 0 Å². The Bertz CT molecular complexity index is 555. The van der Waals surface area contributed by atoms with Gasteiger partial charge in [0.2, 0.25) is 0 Å². The molecule has 0 saturated heterocycles. The predicted octanol–water partition coefficient (Wildman–Crippen LogP) is 3.14. The molecule has 0 radical (unpaired) electrons. The lowest BCUT2D eigenvalue weighted by molar-refractivity contribution is 0.199. The van der Waals surface area contributed by atoms with Crippen LogP contribution in [0.3, 0.4) is 0 Å². The monoisotopic (exact) mass is 272 g/mol. The summed E-state index contributed by atoms with van der Waals surface area (Å²) >= 11 is 0. The maximum absolute atomic E-state index is 5.05. The molecule has 108 valence electrons. The largest absolute Gasteiger partial charge is 0.383 e. The molecule has 0 bridgehead atoms. The summed E-state index contributed by atoms with van der Waals surface area (Å²) in [5.74, 6) is 0. The highest BCUT2D eigenvalue weighted by molar-refractivity contribution is 5.42. The summed E-state index contributed by atoms with van der Waals surface area (Å²) in [6.45, 7) is 8.96. The Balaban J connectivity index is 2.18. The van der Waals surface area contributed by atoms with Gasteiger partial charge in [0.05, 0.1) is 6.61 Å². The van der Waals surface area contributed by atoms with Crippen LogP contribution in [0.4, 0.5) is 0 Å². The number of ether oxygens (including phenoxy) is 1. The van der Waals surface area contributed by atoms with Crippen LogP contribution < -0.4 is 5.32 Å². The Hall–Kier alpha value is -1.58. The molecule has 0 fully saturated rings. The van der Waals surface area contributed by atoms with E-state index in [2.05, 4.69) is 61.0 Å². The van der Waals surface area contributed by atoms with E-state index in [1.807, 2.05) is 0 Å². The summed E-state index contributed by atoms with van der Waals surface area (Å²) < 4.78 is 7.36. The number of hydrogen-bond donors (Lipinski definition) is 1. The zero-order valence-corrected chi connectivity index (χ0v) is 12.9. The molecular formula is C17H24N2O. The third kappa shape index (κ3) is 3.30. The van der Waals surface area contributed by atoms with Gasteiger partial charge in [0.1, 0.15) is 0 Å². The molecule has 3 heteroatoms. The maximum atomic E-state index is 5.05. The SMILES string of the molecule is COCCNCc1cc(C)n(-c2ccc(C)cc2)c1C. The van der Waals surface area contributed by atoms with Crippen molar-refractivity contribution in [2.24, 2.45) is 0 Å². The molecule has 2 rings (SSSR count). The molecule has 0 unspecified atom stereocenters. The minimum atomic E-state index is 0.747. The van der Waals surface area contributed by atoms with Crippen molar-refractivity contribution in [1.29, 1.82) is 0 Å². The van der Waals surface area contributed by atoms with E-state index < -0.39 is 0 Å². The standard InChI is InChI=1S/C17H24N2O/c1-13-5-7-17(8-6-13)19-14(2)11-16(15(19)3)12-18-9-10-20-4/h5-8,11,18H,9-10,12H2,1-4H3. The fraction of sp³-hybridized carbons (Fsp3) is 0.412. The smallest absolute Gasteiger partial charge is 0.0587 e. The molecule has 1 heterocycles. The van der Waals surface area contributed by atoms with Crippen LogP contribution in [0.25, 0.3) is 5.69 Å². The summed E-state index contributed by atoms with van der Waals surface area (Å²) in [5, 5.41) is 3.41. The first-order valence-electron chi connectivity index (χ1n) is 7.08. The van der Waals surface area contributed by atoms with E-state index in [0.29, 0.717) is 0 Å². The molecule has 0 saturated carbocycles. The fourth-order valence-electron chi connectivity index (χ4n) is 2.50. The van der Waals surface area contributed by atoms with E-state index in [1.54, 1.807) is 7.11 Å². The molecule has 0 amide bonds. The average molecular weight is 272 g/mol. The third-order valence-electron chi connectivity index (χ3n) is 3.63. The zero-order chi connectivity index (χ0) is 14.5. The molecule has 0 atom stereocenters. The van der Waals surface area contributed by atoms with Crippen molar-refractivity contribution in [3.8, 4) is 5.69 Å². The highest BCUT2D eigenvalue weighted by Gasteiger charge is 2.10. The second kappa shape index (κ2) is 6.73. The second-order valence-electron chi connectivity index (χ2n) is 5.24. The van der Waals surface area contributed by atoms with Crippen molar-refractivity contribution in [2.75, 3.05) is 20.3 Å². The Morgan fingerprint density at radius 2 is 1.80 bits per heavy atom. The van der Waals surface area contributed by atoms with Crippen LogP contribution in [0.1, 0.15) is 22.5 Å². The van der Waals surface area contributed by atoms with Gasteiger partial charge in [-0.2, -0.15) is 0 Å². The van der Waals surface area contributed by atoms with Crippen LogP contribution in [-0.4, -0.2) is 24.8 Å². The number of methoxy groups -OCH3 is 1. The molecule has 1 N–H and O–H groups in total. The highest BCUT2D eigenvalue weighted by Crippen LogP contribution is 2.21. The van der Waals surface area contributed by atoms with Crippen LogP contribution in [0.5, 0.6) is 0 Å². The van der Waals surface area contributed by atoms with Crippen LogP contribution >= 0.6 is 0 Å². The quantitative estimate of drug-likeness (QED) is 0.818. The molecule has 1 aromatic heterocycles. The fourth-order valence-corrected chi connectivity index (χ4v) is 2.50. The minimum Gasteiger partial charge on any atom is -0.383 e. The first-order chi connectivity index (χ1) is 9.63. The molecule has 1 aromatic carbocycles. The molecule has 3 nitrogen and oxygen atoms in total. The maximum Gasteiger partial charge on any atom is 0.0587 e. The number of benzene rings is 1. The van der Waals surface area contributed by atoms with Gasteiger partial charge >= 0.3 is 0 Å². The summed E-state index contributed by atoms with van der Waals surface area (Å²) in [7, 11) is 1.73. The lowest BCUT2D eigenvalue weighted by Gasteiger charge is -2.10. The van der Waals surface area contributed by atoms with Crippen molar-refractivity contribution in [3.05, 3.63) is 52.8 Å². The summed E-state index contributed by atoms with van der Waals surface area (Å²) in [6.07, 6.45) is 0. The first kappa shape index (κ1) is 14.8. The first-order valence-corrected chi connectivity index (χ1v) is 7.08. The van der Waals surface area contributed by atoms with Crippen molar-refractivity contribution < 1.29 is 4.74 Å². The molecule has 0 aliphatic carbocycles. The van der Waals surface area contributed by atoms with Gasteiger partial charge in [0.25, 0.3) is 0 Å². The van der Waals surface area contributed by atoms with Crippen LogP contribution in [-0.2, 0) is 11.3 Å². The van der Waals surface area contributed by atoms with E-state index in [0.717, 1.165) is 19.7 Å². The number of rotatable bonds is 6. The van der Waals surface area contributed by atoms with Gasteiger partial charge in [-0.1, -0.05) is 17.7 Å². The van der Waals surface area contributed by atoms with Crippen LogP contribution in [0, 0.1) is 20.8 Å². The van der Waals surface area contributed by atoms with Gasteiger partial charge in [-0.3, -0.25) is 0 Å². The van der Waals surface area contributed by atoms with Gasteiger partial charge in [0.15, 0.2) is 0 Å². The van der Waals surface area contributed by atoms with Gasteiger partial charge in [-0.25, -0.2) is 0 Å². The Labute approximate surface area is 121 Å². The van der Waals surface area contributed by atoms with Gasteiger partial charge in [-0.15, -0.1) is 0 Å². The van der Waals surface area contributed by atoms with E-state index in [-0.39, 0.29) is 0 Å². The second-order valence-corrected chi connectivity index (χ2v) is 5.24. The summed E-state index contributed by atoms with van der Waals surface area (Å²) in [6, 6.07) is 10.9.